The third-order valence-corrected chi connectivity index (χ3v) is 7.44. The number of hydrogen-bond donors (Lipinski definition) is 0. The summed E-state index contributed by atoms with van der Waals surface area (Å²) in [5, 5.41) is 0. The highest BCUT2D eigenvalue weighted by molar-refractivity contribution is 5.14. The van der Waals surface area contributed by atoms with Crippen LogP contribution in [-0.4, -0.2) is 151 Å². The maximum absolute atomic E-state index is 6.80. The molecule has 1 aromatic rings. The summed E-state index contributed by atoms with van der Waals surface area (Å²) in [7, 11) is 0. The Labute approximate surface area is 227 Å². The predicted octanol–water partition coefficient (Wildman–Crippen LogP) is 0.697. The molecule has 5 rings (SSSR count). The molecule has 4 fully saturated rings. The fourth-order valence-corrected chi connectivity index (χ4v) is 5.66. The SMILES string of the molecule is c1ccc(CN2CC3CN4CCOCCOCCN(CCOCCOCC4)CC4COCC(C2)(O4)O3)cc1. The monoisotopic (exact) mass is 535 g/mol. The molecule has 214 valence electrons. The van der Waals surface area contributed by atoms with Crippen molar-refractivity contribution in [1.82, 2.24) is 14.7 Å². The average molecular weight is 536 g/mol. The summed E-state index contributed by atoms with van der Waals surface area (Å²) in [6.07, 6.45) is -0.112. The molecule has 3 unspecified atom stereocenters. The quantitative estimate of drug-likeness (QED) is 0.540. The first-order valence-electron chi connectivity index (χ1n) is 14.2. The van der Waals surface area contributed by atoms with Crippen LogP contribution in [0.5, 0.6) is 0 Å². The first-order chi connectivity index (χ1) is 18.8. The maximum atomic E-state index is 6.80. The van der Waals surface area contributed by atoms with E-state index in [0.29, 0.717) is 72.6 Å². The molecule has 3 atom stereocenters. The fourth-order valence-electron chi connectivity index (χ4n) is 5.66. The Morgan fingerprint density at radius 3 is 1.79 bits per heavy atom. The van der Waals surface area contributed by atoms with Crippen molar-refractivity contribution in [3.63, 3.8) is 0 Å². The summed E-state index contributed by atoms with van der Waals surface area (Å²) in [5.41, 5.74) is 1.29. The summed E-state index contributed by atoms with van der Waals surface area (Å²) < 4.78 is 43.4. The lowest BCUT2D eigenvalue weighted by Crippen LogP contribution is -2.64. The van der Waals surface area contributed by atoms with Gasteiger partial charge in [-0.25, -0.2) is 0 Å². The van der Waals surface area contributed by atoms with Crippen LogP contribution in [0.3, 0.4) is 0 Å². The second-order valence-electron chi connectivity index (χ2n) is 10.6. The highest BCUT2D eigenvalue weighted by Crippen LogP contribution is 2.30. The normalized spacial score (nSPS) is 35.5. The molecule has 1 aromatic carbocycles. The van der Waals surface area contributed by atoms with Crippen LogP contribution in [-0.2, 0) is 39.7 Å². The number of morpholine rings is 1. The number of ether oxygens (including phenoxy) is 7. The van der Waals surface area contributed by atoms with Gasteiger partial charge in [0, 0.05) is 52.4 Å². The Bertz CT molecular complexity index is 782. The summed E-state index contributed by atoms with van der Waals surface area (Å²) in [6, 6.07) is 10.6. The molecule has 10 heteroatoms. The highest BCUT2D eigenvalue weighted by Gasteiger charge is 2.46. The largest absolute Gasteiger partial charge is 0.378 e. The van der Waals surface area contributed by atoms with E-state index in [-0.39, 0.29) is 12.2 Å². The molecule has 5 bridgehead atoms. The summed E-state index contributed by atoms with van der Waals surface area (Å²) in [6.45, 7) is 13.0. The minimum Gasteiger partial charge on any atom is -0.378 e. The maximum Gasteiger partial charge on any atom is 0.205 e. The van der Waals surface area contributed by atoms with E-state index in [0.717, 1.165) is 52.4 Å². The molecule has 4 saturated heterocycles. The first-order valence-corrected chi connectivity index (χ1v) is 14.2. The molecule has 4 aliphatic rings. The van der Waals surface area contributed by atoms with E-state index in [4.69, 9.17) is 33.2 Å². The Morgan fingerprint density at radius 1 is 0.632 bits per heavy atom. The molecule has 0 radical (unpaired) electrons. The molecule has 4 heterocycles. The Balaban J connectivity index is 1.38. The van der Waals surface area contributed by atoms with Crippen LogP contribution in [0, 0.1) is 0 Å². The smallest absolute Gasteiger partial charge is 0.205 e. The molecule has 4 aliphatic heterocycles. The molecule has 0 aliphatic carbocycles. The topological polar surface area (TPSA) is 74.3 Å². The third kappa shape index (κ3) is 8.92. The van der Waals surface area contributed by atoms with E-state index < -0.39 is 5.79 Å². The van der Waals surface area contributed by atoms with E-state index in [2.05, 4.69) is 45.0 Å². The van der Waals surface area contributed by atoms with Gasteiger partial charge >= 0.3 is 0 Å². The van der Waals surface area contributed by atoms with E-state index in [1.807, 2.05) is 0 Å². The van der Waals surface area contributed by atoms with Gasteiger partial charge in [-0.05, 0) is 5.56 Å². The highest BCUT2D eigenvalue weighted by atomic mass is 16.7. The van der Waals surface area contributed by atoms with Crippen molar-refractivity contribution in [1.29, 1.82) is 0 Å². The van der Waals surface area contributed by atoms with Crippen molar-refractivity contribution < 1.29 is 33.2 Å². The summed E-state index contributed by atoms with van der Waals surface area (Å²) in [4.78, 5) is 7.18. The van der Waals surface area contributed by atoms with Gasteiger partial charge in [0.1, 0.15) is 6.61 Å². The van der Waals surface area contributed by atoms with Gasteiger partial charge in [-0.15, -0.1) is 0 Å². The number of hydrogen-bond acceptors (Lipinski definition) is 10. The van der Waals surface area contributed by atoms with Gasteiger partial charge in [-0.1, -0.05) is 30.3 Å². The fraction of sp³-hybridized carbons (Fsp3) is 0.786. The zero-order valence-electron chi connectivity index (χ0n) is 22.7. The molecule has 38 heavy (non-hydrogen) atoms. The van der Waals surface area contributed by atoms with E-state index in [1.165, 1.54) is 5.56 Å². The Morgan fingerprint density at radius 2 is 1.18 bits per heavy atom. The van der Waals surface area contributed by atoms with Crippen molar-refractivity contribution in [2.75, 3.05) is 118 Å². The molecular formula is C28H45N3O7. The zero-order chi connectivity index (χ0) is 25.9. The van der Waals surface area contributed by atoms with E-state index in [9.17, 15) is 0 Å². The van der Waals surface area contributed by atoms with Gasteiger partial charge in [0.05, 0.1) is 78.2 Å². The van der Waals surface area contributed by atoms with Crippen LogP contribution in [0.1, 0.15) is 5.56 Å². The minimum absolute atomic E-state index is 0.0241. The van der Waals surface area contributed by atoms with Crippen LogP contribution in [0.2, 0.25) is 0 Å². The molecule has 0 amide bonds. The van der Waals surface area contributed by atoms with Crippen molar-refractivity contribution in [2.45, 2.75) is 24.5 Å². The number of fused-ring (bicyclic) bond motifs is 2. The average Bonchev–Trinajstić information content (AvgIpc) is 2.90. The van der Waals surface area contributed by atoms with Crippen molar-refractivity contribution in [3.8, 4) is 0 Å². The van der Waals surface area contributed by atoms with E-state index >= 15 is 0 Å². The summed E-state index contributed by atoms with van der Waals surface area (Å²) in [5.74, 6) is -0.792. The summed E-state index contributed by atoms with van der Waals surface area (Å²) >= 11 is 0. The molecule has 1 spiro atoms. The van der Waals surface area contributed by atoms with Crippen LogP contribution in [0.25, 0.3) is 0 Å². The van der Waals surface area contributed by atoms with Crippen LogP contribution in [0.15, 0.2) is 30.3 Å². The van der Waals surface area contributed by atoms with Gasteiger partial charge < -0.3 is 33.2 Å². The standard InChI is InChI=1S/C28H45N3O7/c1-2-4-25(5-3-1)18-31-20-26-19-29-6-10-32-14-16-34-12-8-30(9-13-35-17-15-33-11-7-29)21-27-22-36-24-28(23-31,37-26)38-27/h1-5,26-27H,6-24H2. The van der Waals surface area contributed by atoms with Crippen LogP contribution < -0.4 is 0 Å². The third-order valence-electron chi connectivity index (χ3n) is 7.44. The molecule has 0 saturated carbocycles. The van der Waals surface area contributed by atoms with Crippen molar-refractivity contribution in [3.05, 3.63) is 35.9 Å². The lowest BCUT2D eigenvalue weighted by atomic mass is 10.1. The molecular weight excluding hydrogens is 490 g/mol. The second-order valence-corrected chi connectivity index (χ2v) is 10.6. The Kier molecular flexibility index (Phi) is 11.2. The number of benzene rings is 1. The van der Waals surface area contributed by atoms with Gasteiger partial charge in [-0.2, -0.15) is 0 Å². The van der Waals surface area contributed by atoms with Gasteiger partial charge in [0.2, 0.25) is 5.79 Å². The molecule has 10 nitrogen and oxygen atoms in total. The minimum atomic E-state index is -0.792. The predicted molar refractivity (Wildman–Crippen MR) is 141 cm³/mol. The van der Waals surface area contributed by atoms with Gasteiger partial charge in [0.15, 0.2) is 0 Å². The van der Waals surface area contributed by atoms with Crippen molar-refractivity contribution >= 4 is 0 Å². The van der Waals surface area contributed by atoms with Crippen LogP contribution >= 0.6 is 0 Å². The van der Waals surface area contributed by atoms with Gasteiger partial charge in [0.25, 0.3) is 0 Å². The van der Waals surface area contributed by atoms with Gasteiger partial charge in [-0.3, -0.25) is 14.7 Å². The number of nitrogens with zero attached hydrogens (tertiary/aromatic N) is 3. The number of rotatable bonds is 2. The molecule has 0 aromatic heterocycles. The first kappa shape index (κ1) is 28.4. The van der Waals surface area contributed by atoms with Crippen molar-refractivity contribution in [2.24, 2.45) is 0 Å². The lowest BCUT2D eigenvalue weighted by Gasteiger charge is -2.50. The lowest BCUT2D eigenvalue weighted by molar-refractivity contribution is -0.354. The van der Waals surface area contributed by atoms with Crippen LogP contribution in [0.4, 0.5) is 0 Å². The molecule has 0 N–H and O–H groups in total. The van der Waals surface area contributed by atoms with E-state index in [1.54, 1.807) is 0 Å². The Hall–Kier alpha value is -1.18. The zero-order valence-corrected chi connectivity index (χ0v) is 22.7. The second kappa shape index (κ2) is 15.0.